The zero-order valence-corrected chi connectivity index (χ0v) is 11.2. The molecule has 4 heteroatoms. The molecule has 0 radical (unpaired) electrons. The van der Waals surface area contributed by atoms with Crippen LogP contribution in [0.1, 0.15) is 33.1 Å². The van der Waals surface area contributed by atoms with Crippen molar-refractivity contribution in [2.24, 2.45) is 11.8 Å². The van der Waals surface area contributed by atoms with Crippen LogP contribution in [-0.2, 0) is 9.53 Å². The van der Waals surface area contributed by atoms with Crippen molar-refractivity contribution < 1.29 is 14.6 Å². The van der Waals surface area contributed by atoms with E-state index in [1.165, 1.54) is 0 Å². The van der Waals surface area contributed by atoms with Gasteiger partial charge in [0.25, 0.3) is 0 Å². The third-order valence-electron chi connectivity index (χ3n) is 3.55. The Morgan fingerprint density at radius 3 is 2.88 bits per heavy atom. The number of carbonyl (C=O) groups is 1. The normalized spacial score (nSPS) is 26.9. The molecule has 0 spiro atoms. The smallest absolute Gasteiger partial charge is 0.222 e. The lowest BCUT2D eigenvalue weighted by molar-refractivity contribution is -0.136. The molecule has 1 fully saturated rings. The second-order valence-corrected chi connectivity index (χ2v) is 5.13. The summed E-state index contributed by atoms with van der Waals surface area (Å²) in [6.45, 7) is 6.11. The van der Waals surface area contributed by atoms with E-state index in [0.717, 1.165) is 6.42 Å². The number of hydrogen-bond donors (Lipinski definition) is 1. The van der Waals surface area contributed by atoms with Gasteiger partial charge in [0.1, 0.15) is 0 Å². The summed E-state index contributed by atoms with van der Waals surface area (Å²) in [5, 5.41) is 9.78. The van der Waals surface area contributed by atoms with Gasteiger partial charge in [0.15, 0.2) is 0 Å². The molecule has 0 aliphatic carbocycles. The number of carbonyl (C=O) groups excluding carboxylic acids is 1. The Hall–Kier alpha value is -0.610. The molecule has 17 heavy (non-hydrogen) atoms. The fourth-order valence-corrected chi connectivity index (χ4v) is 2.42. The maximum absolute atomic E-state index is 12.0. The molecule has 0 aromatic carbocycles. The summed E-state index contributed by atoms with van der Waals surface area (Å²) in [5.74, 6) is 0.699. The summed E-state index contributed by atoms with van der Waals surface area (Å²) >= 11 is 0. The number of hydrogen-bond acceptors (Lipinski definition) is 3. The quantitative estimate of drug-likeness (QED) is 0.791. The van der Waals surface area contributed by atoms with E-state index >= 15 is 0 Å². The number of piperidine rings is 1. The number of nitrogens with zero attached hydrogens (tertiary/aromatic N) is 1. The largest absolute Gasteiger partial charge is 0.393 e. The molecule has 1 saturated heterocycles. The third-order valence-corrected chi connectivity index (χ3v) is 3.55. The van der Waals surface area contributed by atoms with E-state index in [1.54, 1.807) is 7.11 Å². The van der Waals surface area contributed by atoms with Crippen molar-refractivity contribution in [1.29, 1.82) is 0 Å². The second-order valence-electron chi connectivity index (χ2n) is 5.13. The van der Waals surface area contributed by atoms with Crippen molar-refractivity contribution in [3.05, 3.63) is 0 Å². The monoisotopic (exact) mass is 243 g/mol. The summed E-state index contributed by atoms with van der Waals surface area (Å²) in [6, 6.07) is 0. The van der Waals surface area contributed by atoms with Gasteiger partial charge in [0.05, 0.1) is 6.10 Å². The standard InChI is InChI=1S/C13H25NO3/c1-4-11-8-14(6-5-12(11)15)13(16)7-10(2)9-17-3/h10-12,15H,4-9H2,1-3H3. The summed E-state index contributed by atoms with van der Waals surface area (Å²) in [4.78, 5) is 13.9. The fraction of sp³-hybridized carbons (Fsp3) is 0.923. The van der Waals surface area contributed by atoms with Gasteiger partial charge in [-0.3, -0.25) is 4.79 Å². The van der Waals surface area contributed by atoms with Crippen LogP contribution in [0, 0.1) is 11.8 Å². The Kier molecular flexibility index (Phi) is 5.92. The van der Waals surface area contributed by atoms with E-state index in [9.17, 15) is 9.90 Å². The first-order valence-electron chi connectivity index (χ1n) is 6.53. The van der Waals surface area contributed by atoms with Gasteiger partial charge in [-0.05, 0) is 18.8 Å². The number of rotatable bonds is 5. The molecule has 1 rings (SSSR count). The van der Waals surface area contributed by atoms with Crippen LogP contribution in [0.25, 0.3) is 0 Å². The Bertz CT molecular complexity index is 245. The lowest BCUT2D eigenvalue weighted by Gasteiger charge is -2.36. The summed E-state index contributed by atoms with van der Waals surface area (Å²) in [7, 11) is 1.66. The molecular formula is C13H25NO3. The number of methoxy groups -OCH3 is 1. The summed E-state index contributed by atoms with van der Waals surface area (Å²) in [5.41, 5.74) is 0. The highest BCUT2D eigenvalue weighted by Crippen LogP contribution is 2.21. The van der Waals surface area contributed by atoms with Crippen LogP contribution in [0.4, 0.5) is 0 Å². The minimum atomic E-state index is -0.236. The van der Waals surface area contributed by atoms with Crippen LogP contribution in [0.3, 0.4) is 0 Å². The Balaban J connectivity index is 2.42. The van der Waals surface area contributed by atoms with Gasteiger partial charge in [-0.1, -0.05) is 13.8 Å². The van der Waals surface area contributed by atoms with Crippen molar-refractivity contribution in [2.75, 3.05) is 26.8 Å². The number of likely N-dealkylation sites (tertiary alicyclic amines) is 1. The zero-order valence-electron chi connectivity index (χ0n) is 11.2. The van der Waals surface area contributed by atoms with Crippen molar-refractivity contribution in [1.82, 2.24) is 4.90 Å². The Labute approximate surface area is 104 Å². The number of aliphatic hydroxyl groups is 1. The highest BCUT2D eigenvalue weighted by molar-refractivity contribution is 5.76. The van der Waals surface area contributed by atoms with Crippen molar-refractivity contribution >= 4 is 5.91 Å². The lowest BCUT2D eigenvalue weighted by atomic mass is 9.92. The van der Waals surface area contributed by atoms with Crippen LogP contribution in [0.2, 0.25) is 0 Å². The SMILES string of the molecule is CCC1CN(C(=O)CC(C)COC)CCC1O. The molecule has 3 atom stereocenters. The van der Waals surface area contributed by atoms with Crippen LogP contribution < -0.4 is 0 Å². The van der Waals surface area contributed by atoms with Gasteiger partial charge in [-0.15, -0.1) is 0 Å². The van der Waals surface area contributed by atoms with Gasteiger partial charge < -0.3 is 14.7 Å². The topological polar surface area (TPSA) is 49.8 Å². The Morgan fingerprint density at radius 2 is 2.29 bits per heavy atom. The van der Waals surface area contributed by atoms with E-state index < -0.39 is 0 Å². The third kappa shape index (κ3) is 4.28. The zero-order chi connectivity index (χ0) is 12.8. The van der Waals surface area contributed by atoms with Crippen LogP contribution in [0.15, 0.2) is 0 Å². The fourth-order valence-electron chi connectivity index (χ4n) is 2.42. The summed E-state index contributed by atoms with van der Waals surface area (Å²) < 4.78 is 5.04. The van der Waals surface area contributed by atoms with Gasteiger partial charge in [-0.25, -0.2) is 0 Å². The average Bonchev–Trinajstić information content (AvgIpc) is 2.29. The van der Waals surface area contributed by atoms with Crippen molar-refractivity contribution in [3.63, 3.8) is 0 Å². The first kappa shape index (κ1) is 14.5. The minimum absolute atomic E-state index is 0.194. The summed E-state index contributed by atoms with van der Waals surface area (Å²) in [6.07, 6.45) is 1.95. The van der Waals surface area contributed by atoms with Crippen LogP contribution in [-0.4, -0.2) is 48.8 Å². The molecule has 1 aliphatic rings. The van der Waals surface area contributed by atoms with E-state index in [-0.39, 0.29) is 23.8 Å². The molecule has 0 bridgehead atoms. The average molecular weight is 243 g/mol. The molecule has 3 unspecified atom stereocenters. The minimum Gasteiger partial charge on any atom is -0.393 e. The second kappa shape index (κ2) is 6.97. The molecule has 100 valence electrons. The van der Waals surface area contributed by atoms with Crippen molar-refractivity contribution in [2.45, 2.75) is 39.2 Å². The molecule has 1 amide bonds. The molecule has 1 heterocycles. The van der Waals surface area contributed by atoms with Gasteiger partial charge in [0, 0.05) is 39.1 Å². The maximum atomic E-state index is 12.0. The number of aliphatic hydroxyl groups excluding tert-OH is 1. The van der Waals surface area contributed by atoms with E-state index in [4.69, 9.17) is 4.74 Å². The maximum Gasteiger partial charge on any atom is 0.222 e. The van der Waals surface area contributed by atoms with Crippen LogP contribution >= 0.6 is 0 Å². The molecule has 0 aromatic rings. The molecule has 0 saturated carbocycles. The Morgan fingerprint density at radius 1 is 1.59 bits per heavy atom. The predicted molar refractivity (Wildman–Crippen MR) is 66.6 cm³/mol. The first-order valence-corrected chi connectivity index (χ1v) is 6.53. The first-order chi connectivity index (χ1) is 8.08. The molecule has 1 aliphatic heterocycles. The highest BCUT2D eigenvalue weighted by Gasteiger charge is 2.29. The molecular weight excluding hydrogens is 218 g/mol. The molecule has 1 N–H and O–H groups in total. The van der Waals surface area contributed by atoms with Gasteiger partial charge in [-0.2, -0.15) is 0 Å². The number of amides is 1. The number of ether oxygens (including phenoxy) is 1. The predicted octanol–water partition coefficient (Wildman–Crippen LogP) is 1.28. The van der Waals surface area contributed by atoms with E-state index in [0.29, 0.717) is 32.5 Å². The van der Waals surface area contributed by atoms with Crippen molar-refractivity contribution in [3.8, 4) is 0 Å². The van der Waals surface area contributed by atoms with Crippen LogP contribution in [0.5, 0.6) is 0 Å². The van der Waals surface area contributed by atoms with E-state index in [1.807, 2.05) is 11.8 Å². The van der Waals surface area contributed by atoms with Gasteiger partial charge in [0.2, 0.25) is 5.91 Å². The van der Waals surface area contributed by atoms with E-state index in [2.05, 4.69) is 6.92 Å². The molecule has 4 nitrogen and oxygen atoms in total. The van der Waals surface area contributed by atoms with Gasteiger partial charge >= 0.3 is 0 Å². The molecule has 0 aromatic heterocycles. The lowest BCUT2D eigenvalue weighted by Crippen LogP contribution is -2.46. The highest BCUT2D eigenvalue weighted by atomic mass is 16.5.